The van der Waals surface area contributed by atoms with Gasteiger partial charge in [0.05, 0.1) is 0 Å². The smallest absolute Gasteiger partial charge is 0.243 e. The highest BCUT2D eigenvalue weighted by molar-refractivity contribution is 7.80. The molecule has 0 saturated heterocycles. The van der Waals surface area contributed by atoms with Gasteiger partial charge in [-0.25, -0.2) is 4.98 Å². The molecule has 8 nitrogen and oxygen atoms in total. The zero-order valence-electron chi connectivity index (χ0n) is 14.6. The van der Waals surface area contributed by atoms with Crippen LogP contribution in [0.15, 0.2) is 72.9 Å². The number of anilines is 4. The van der Waals surface area contributed by atoms with Gasteiger partial charge in [0.1, 0.15) is 5.82 Å². The van der Waals surface area contributed by atoms with E-state index in [2.05, 4.69) is 42.3 Å². The quantitative estimate of drug-likeness (QED) is 0.269. The van der Waals surface area contributed by atoms with E-state index >= 15 is 0 Å². The average molecular weight is 411 g/mol. The number of thiocarbonyl (C=S) groups is 2. The molecule has 0 saturated carbocycles. The molecular formula is C18H18N8S2. The minimum Gasteiger partial charge on any atom is -0.331 e. The predicted molar refractivity (Wildman–Crippen MR) is 121 cm³/mol. The highest BCUT2D eigenvalue weighted by Crippen LogP contribution is 2.07. The van der Waals surface area contributed by atoms with Gasteiger partial charge in [-0.15, -0.1) is 0 Å². The summed E-state index contributed by atoms with van der Waals surface area (Å²) in [6, 6.07) is 20.9. The van der Waals surface area contributed by atoms with Gasteiger partial charge < -0.3 is 10.6 Å². The summed E-state index contributed by atoms with van der Waals surface area (Å²) in [5.74, 6) is 0.865. The van der Waals surface area contributed by atoms with Crippen molar-refractivity contribution in [3.05, 3.63) is 72.9 Å². The second-order valence-corrected chi connectivity index (χ2v) is 6.22. The lowest BCUT2D eigenvalue weighted by atomic mass is 10.3. The number of rotatable bonds is 6. The van der Waals surface area contributed by atoms with E-state index in [1.807, 2.05) is 60.7 Å². The molecule has 3 rings (SSSR count). The second kappa shape index (κ2) is 10.00. The topological polar surface area (TPSA) is 98.0 Å². The molecule has 0 aliphatic rings. The van der Waals surface area contributed by atoms with Crippen LogP contribution in [0.5, 0.6) is 0 Å². The molecule has 1 aromatic heterocycles. The van der Waals surface area contributed by atoms with E-state index in [0.717, 1.165) is 11.4 Å². The Labute approximate surface area is 173 Å². The third kappa shape index (κ3) is 6.34. The van der Waals surface area contributed by atoms with Crippen molar-refractivity contribution >= 4 is 57.8 Å². The van der Waals surface area contributed by atoms with Crippen LogP contribution in [0.4, 0.5) is 23.1 Å². The number of nitrogens with one attached hydrogen (secondary N) is 6. The van der Waals surface area contributed by atoms with E-state index < -0.39 is 0 Å². The number of para-hydroxylation sites is 2. The van der Waals surface area contributed by atoms with Gasteiger partial charge in [0.2, 0.25) is 5.95 Å². The molecule has 0 spiro atoms. The minimum absolute atomic E-state index is 0.339. The molecule has 142 valence electrons. The van der Waals surface area contributed by atoms with Gasteiger partial charge in [0.25, 0.3) is 0 Å². The van der Waals surface area contributed by atoms with Crippen LogP contribution in [-0.2, 0) is 0 Å². The number of aromatic nitrogens is 2. The maximum atomic E-state index is 5.23. The lowest BCUT2D eigenvalue weighted by molar-refractivity contribution is 1.02. The normalized spacial score (nSPS) is 9.71. The highest BCUT2D eigenvalue weighted by atomic mass is 32.1. The monoisotopic (exact) mass is 410 g/mol. The lowest BCUT2D eigenvalue weighted by Crippen LogP contribution is -2.35. The molecule has 1 heterocycles. The van der Waals surface area contributed by atoms with Crippen LogP contribution in [0.1, 0.15) is 0 Å². The number of hydrogen-bond donors (Lipinski definition) is 6. The molecule has 2 aromatic carbocycles. The molecular weight excluding hydrogens is 392 g/mol. The zero-order chi connectivity index (χ0) is 19.6. The number of hydrogen-bond acceptors (Lipinski definition) is 6. The molecule has 28 heavy (non-hydrogen) atoms. The van der Waals surface area contributed by atoms with E-state index in [1.54, 1.807) is 12.3 Å². The van der Waals surface area contributed by atoms with Gasteiger partial charge in [-0.05, 0) is 48.7 Å². The van der Waals surface area contributed by atoms with Gasteiger partial charge in [0.15, 0.2) is 10.2 Å². The molecule has 0 amide bonds. The largest absolute Gasteiger partial charge is 0.331 e. The first-order valence-electron chi connectivity index (χ1n) is 8.28. The Morgan fingerprint density at radius 1 is 0.679 bits per heavy atom. The summed E-state index contributed by atoms with van der Waals surface area (Å²) in [6.07, 6.45) is 1.60. The predicted octanol–water partition coefficient (Wildman–Crippen LogP) is 3.10. The molecule has 6 N–H and O–H groups in total. The molecule has 0 aliphatic heterocycles. The maximum absolute atomic E-state index is 5.23. The van der Waals surface area contributed by atoms with Crippen LogP contribution >= 0.6 is 24.4 Å². The molecule has 0 radical (unpaired) electrons. The Morgan fingerprint density at radius 2 is 1.21 bits per heavy atom. The van der Waals surface area contributed by atoms with Crippen LogP contribution in [-0.4, -0.2) is 20.2 Å². The van der Waals surface area contributed by atoms with Crippen molar-refractivity contribution in [1.82, 2.24) is 20.8 Å². The van der Waals surface area contributed by atoms with Crippen LogP contribution < -0.4 is 32.3 Å². The highest BCUT2D eigenvalue weighted by Gasteiger charge is 2.02. The van der Waals surface area contributed by atoms with E-state index in [1.165, 1.54) is 0 Å². The first-order valence-corrected chi connectivity index (χ1v) is 9.10. The maximum Gasteiger partial charge on any atom is 0.243 e. The molecule has 0 bridgehead atoms. The first-order chi connectivity index (χ1) is 13.7. The van der Waals surface area contributed by atoms with Crippen molar-refractivity contribution in [2.45, 2.75) is 0 Å². The summed E-state index contributed by atoms with van der Waals surface area (Å²) >= 11 is 10.5. The molecule has 10 heteroatoms. The first kappa shape index (κ1) is 19.3. The van der Waals surface area contributed by atoms with Gasteiger partial charge in [-0.1, -0.05) is 36.4 Å². The number of benzene rings is 2. The molecule has 0 unspecified atom stereocenters. The Hall–Kier alpha value is -3.50. The van der Waals surface area contributed by atoms with Crippen molar-refractivity contribution < 1.29 is 0 Å². The lowest BCUT2D eigenvalue weighted by Gasteiger charge is -2.13. The number of nitrogens with zero attached hydrogens (tertiary/aromatic N) is 2. The summed E-state index contributed by atoms with van der Waals surface area (Å²) in [6.45, 7) is 0. The van der Waals surface area contributed by atoms with Crippen LogP contribution in [0, 0.1) is 0 Å². The summed E-state index contributed by atoms with van der Waals surface area (Å²) in [5.41, 5.74) is 13.2. The average Bonchev–Trinajstić information content (AvgIpc) is 2.73. The van der Waals surface area contributed by atoms with Crippen molar-refractivity contribution in [3.8, 4) is 0 Å². The van der Waals surface area contributed by atoms with Crippen molar-refractivity contribution in [2.75, 3.05) is 21.5 Å². The fraction of sp³-hybridized carbons (Fsp3) is 0. The Bertz CT molecular complexity index is 848. The SMILES string of the molecule is S=C(NNc1ccnc(NNC(=S)Nc2ccccc2)n1)Nc1ccccc1. The van der Waals surface area contributed by atoms with Gasteiger partial charge in [-0.3, -0.25) is 21.7 Å². The van der Waals surface area contributed by atoms with Crippen molar-refractivity contribution in [3.63, 3.8) is 0 Å². The van der Waals surface area contributed by atoms with E-state index in [-0.39, 0.29) is 0 Å². The number of hydrazine groups is 2. The Balaban J connectivity index is 1.45. The molecule has 0 fully saturated rings. The van der Waals surface area contributed by atoms with Crippen LogP contribution in [0.3, 0.4) is 0 Å². The van der Waals surface area contributed by atoms with Gasteiger partial charge in [-0.2, -0.15) is 4.98 Å². The third-order valence-corrected chi connectivity index (χ3v) is 3.72. The van der Waals surface area contributed by atoms with E-state index in [4.69, 9.17) is 24.4 Å². The fourth-order valence-electron chi connectivity index (χ4n) is 2.09. The van der Waals surface area contributed by atoms with Crippen LogP contribution in [0.2, 0.25) is 0 Å². The Kier molecular flexibility index (Phi) is 6.88. The summed E-state index contributed by atoms with van der Waals surface area (Å²) in [7, 11) is 0. The van der Waals surface area contributed by atoms with Gasteiger partial charge in [0, 0.05) is 23.6 Å². The Morgan fingerprint density at radius 3 is 1.79 bits per heavy atom. The fourth-order valence-corrected chi connectivity index (χ4v) is 2.43. The second-order valence-electron chi connectivity index (χ2n) is 5.41. The minimum atomic E-state index is 0.339. The van der Waals surface area contributed by atoms with Crippen molar-refractivity contribution in [2.24, 2.45) is 0 Å². The van der Waals surface area contributed by atoms with E-state index in [0.29, 0.717) is 22.0 Å². The standard InChI is InChI=1S/C18H18N8S2/c27-17(20-13-7-3-1-4-8-13)25-23-15-11-12-19-16(22-15)24-26-18(28)21-14-9-5-2-6-10-14/h1-12H,(H2,20,25,27)(H2,21,26,28)(H2,19,22,23,24). The van der Waals surface area contributed by atoms with E-state index in [9.17, 15) is 0 Å². The van der Waals surface area contributed by atoms with Crippen LogP contribution in [0.25, 0.3) is 0 Å². The summed E-state index contributed by atoms with van der Waals surface area (Å²) in [4.78, 5) is 8.42. The summed E-state index contributed by atoms with van der Waals surface area (Å²) < 4.78 is 0. The van der Waals surface area contributed by atoms with Gasteiger partial charge >= 0.3 is 0 Å². The summed E-state index contributed by atoms with van der Waals surface area (Å²) in [5, 5.41) is 6.89. The third-order valence-electron chi connectivity index (χ3n) is 3.31. The molecule has 3 aromatic rings. The molecule has 0 atom stereocenters. The molecule has 0 aliphatic carbocycles. The zero-order valence-corrected chi connectivity index (χ0v) is 16.3. The van der Waals surface area contributed by atoms with Crippen molar-refractivity contribution in [1.29, 1.82) is 0 Å².